The topological polar surface area (TPSA) is 229 Å². The van der Waals surface area contributed by atoms with Crippen molar-refractivity contribution in [3.05, 3.63) is 48.0 Å². The van der Waals surface area contributed by atoms with E-state index in [9.17, 15) is 29.2 Å². The number of imidazole rings is 1. The summed E-state index contributed by atoms with van der Waals surface area (Å²) >= 11 is 0. The van der Waals surface area contributed by atoms with Gasteiger partial charge in [-0.2, -0.15) is 15.2 Å². The first-order chi connectivity index (χ1) is 25.0. The summed E-state index contributed by atoms with van der Waals surface area (Å²) in [4.78, 5) is 77.8. The normalized spacial score (nSPS) is 19.9. The van der Waals surface area contributed by atoms with Gasteiger partial charge >= 0.3 is 30.0 Å². The van der Waals surface area contributed by atoms with E-state index in [4.69, 9.17) is 33.2 Å². The maximum Gasteiger partial charge on any atom is 0.413 e. The van der Waals surface area contributed by atoms with Gasteiger partial charge in [0.15, 0.2) is 34.9 Å². The average molecular weight is 739 g/mol. The Kier molecular flexibility index (Phi) is 12.4. The third-order valence-electron chi connectivity index (χ3n) is 7.83. The van der Waals surface area contributed by atoms with Gasteiger partial charge in [-0.05, 0) is 47.1 Å². The second-order valence-electron chi connectivity index (χ2n) is 13.0. The summed E-state index contributed by atoms with van der Waals surface area (Å²) in [5.74, 6) is -4.19. The van der Waals surface area contributed by atoms with E-state index in [-0.39, 0.29) is 42.4 Å². The van der Waals surface area contributed by atoms with Gasteiger partial charge in [-0.15, -0.1) is 0 Å². The van der Waals surface area contributed by atoms with Gasteiger partial charge in [0, 0.05) is 20.3 Å². The van der Waals surface area contributed by atoms with E-state index in [0.717, 1.165) is 13.8 Å². The molecule has 0 radical (unpaired) electrons. The molecule has 3 heterocycles. The van der Waals surface area contributed by atoms with Crippen LogP contribution in [-0.2, 0) is 58.8 Å². The lowest BCUT2D eigenvalue weighted by atomic mass is 9.92. The molecular formula is C35H42N6O12. The van der Waals surface area contributed by atoms with E-state index in [1.54, 1.807) is 65.0 Å². The first kappa shape index (κ1) is 40.1. The smallest absolute Gasteiger partial charge is 0.413 e. The third-order valence-corrected chi connectivity index (χ3v) is 7.83. The van der Waals surface area contributed by atoms with Crippen LogP contribution < -0.4 is 5.32 Å². The molecule has 4 atom stereocenters. The quantitative estimate of drug-likeness (QED) is 0.151. The minimum Gasteiger partial charge on any atom is -0.463 e. The maximum atomic E-state index is 13.6. The number of amides is 1. The highest BCUT2D eigenvalue weighted by molar-refractivity contribution is 6.04. The van der Waals surface area contributed by atoms with E-state index in [0.29, 0.717) is 5.56 Å². The third kappa shape index (κ3) is 9.04. The van der Waals surface area contributed by atoms with Gasteiger partial charge in [0.25, 0.3) is 5.60 Å². The highest BCUT2D eigenvalue weighted by Crippen LogP contribution is 2.44. The van der Waals surface area contributed by atoms with Crippen molar-refractivity contribution in [2.75, 3.05) is 25.1 Å². The Morgan fingerprint density at radius 3 is 2.19 bits per heavy atom. The number of nitrogens with one attached hydrogen (secondary N) is 1. The van der Waals surface area contributed by atoms with E-state index in [1.165, 1.54) is 17.8 Å². The summed E-state index contributed by atoms with van der Waals surface area (Å²) in [7, 11) is 0. The zero-order chi connectivity index (χ0) is 39.1. The van der Waals surface area contributed by atoms with E-state index < -0.39 is 71.8 Å². The number of carbonyl (C=O) groups excluding carboxylic acids is 5. The summed E-state index contributed by atoms with van der Waals surface area (Å²) in [5.41, 5.74) is -4.56. The van der Waals surface area contributed by atoms with Gasteiger partial charge in [0.2, 0.25) is 5.82 Å². The van der Waals surface area contributed by atoms with E-state index in [2.05, 4.69) is 20.3 Å². The number of anilines is 1. The number of hydrogen-bond acceptors (Lipinski definition) is 16. The number of rotatable bonds is 13. The maximum absolute atomic E-state index is 13.6. The molecule has 1 N–H and O–H groups in total. The molecule has 1 aliphatic heterocycles. The molecule has 18 heteroatoms. The molecule has 0 bridgehead atoms. The first-order valence-electron chi connectivity index (χ1n) is 16.7. The summed E-state index contributed by atoms with van der Waals surface area (Å²) in [5, 5.41) is 12.2. The minimum atomic E-state index is -2.35. The van der Waals surface area contributed by atoms with Crippen molar-refractivity contribution < 1.29 is 57.1 Å². The fraction of sp³-hybridized carbons (Fsp3) is 0.514. The Balaban J connectivity index is 1.83. The molecule has 1 fully saturated rings. The van der Waals surface area contributed by atoms with Crippen LogP contribution in [0.1, 0.15) is 73.0 Å². The molecule has 1 amide bonds. The molecule has 53 heavy (non-hydrogen) atoms. The summed E-state index contributed by atoms with van der Waals surface area (Å²) in [6, 6.07) is 10.4. The predicted molar refractivity (Wildman–Crippen MR) is 182 cm³/mol. The first-order valence-corrected chi connectivity index (χ1v) is 16.7. The van der Waals surface area contributed by atoms with Crippen LogP contribution in [0, 0.1) is 11.3 Å². The SMILES string of the molecule is CCOC(=O)C(Cc1ccccc1)(OC[C@H]1O[C@@H](n2cnc3c(NC(=O)OC(C)(C)C)nc(C#N)nc32)[C@H](OC(C)=O)[C@]1(C)OC(C)=O)C(=O)OCC. The van der Waals surface area contributed by atoms with Crippen molar-refractivity contribution in [2.45, 2.75) is 97.0 Å². The van der Waals surface area contributed by atoms with Gasteiger partial charge in [-0.1, -0.05) is 30.3 Å². The largest absolute Gasteiger partial charge is 0.463 e. The van der Waals surface area contributed by atoms with Gasteiger partial charge in [-0.3, -0.25) is 19.5 Å². The molecule has 0 saturated carbocycles. The monoisotopic (exact) mass is 738 g/mol. The molecule has 1 saturated heterocycles. The molecule has 1 aromatic carbocycles. The van der Waals surface area contributed by atoms with E-state index in [1.807, 2.05) is 6.07 Å². The van der Waals surface area contributed by atoms with Crippen molar-refractivity contribution in [3.63, 3.8) is 0 Å². The number of esters is 4. The van der Waals surface area contributed by atoms with Gasteiger partial charge < -0.3 is 33.2 Å². The van der Waals surface area contributed by atoms with Crippen molar-refractivity contribution >= 4 is 47.0 Å². The predicted octanol–water partition coefficient (Wildman–Crippen LogP) is 3.32. The zero-order valence-electron chi connectivity index (χ0n) is 30.7. The van der Waals surface area contributed by atoms with Crippen molar-refractivity contribution in [1.29, 1.82) is 5.26 Å². The van der Waals surface area contributed by atoms with Gasteiger partial charge in [0.1, 0.15) is 17.8 Å². The summed E-state index contributed by atoms with van der Waals surface area (Å²) < 4.78 is 41.4. The Morgan fingerprint density at radius 1 is 1.00 bits per heavy atom. The molecule has 2 aromatic heterocycles. The fourth-order valence-corrected chi connectivity index (χ4v) is 5.68. The Labute approximate surface area is 305 Å². The number of nitrogens with zero attached hydrogens (tertiary/aromatic N) is 5. The summed E-state index contributed by atoms with van der Waals surface area (Å²) in [6.07, 6.45) is -4.12. The van der Waals surface area contributed by atoms with Crippen LogP contribution in [0.5, 0.6) is 0 Å². The number of fused-ring (bicyclic) bond motifs is 1. The van der Waals surface area contributed by atoms with Gasteiger partial charge in [0.05, 0.1) is 26.1 Å². The molecule has 0 spiro atoms. The number of aromatic nitrogens is 4. The van der Waals surface area contributed by atoms with Crippen LogP contribution in [0.15, 0.2) is 36.7 Å². The highest BCUT2D eigenvalue weighted by Gasteiger charge is 2.61. The van der Waals surface area contributed by atoms with Crippen LogP contribution in [-0.4, -0.2) is 98.3 Å². The lowest BCUT2D eigenvalue weighted by Crippen LogP contribution is -2.57. The zero-order valence-corrected chi connectivity index (χ0v) is 30.7. The number of nitriles is 1. The number of ether oxygens (including phenoxy) is 7. The van der Waals surface area contributed by atoms with Crippen LogP contribution in [0.25, 0.3) is 11.2 Å². The standard InChI is InChI=1S/C35H42N6O12/c1-9-47-30(44)35(31(45)48-10-2,16-22-14-12-11-13-15-22)49-18-23-34(8,52-21(4)43)26(50-20(3)42)29(51-23)41-19-37-25-27(38-24(17-36)39-28(25)41)40-32(46)53-33(5,6)7/h11-15,19,23,26,29H,9-10,16,18H2,1-8H3,(H,38,39,40,46)/t23-,26+,29-,34-/m1/s1. The number of carbonyl (C=O) groups is 5. The minimum absolute atomic E-state index is 0.000392. The van der Waals surface area contributed by atoms with Crippen molar-refractivity contribution in [1.82, 2.24) is 19.5 Å². The van der Waals surface area contributed by atoms with Gasteiger partial charge in [-0.25, -0.2) is 19.4 Å². The van der Waals surface area contributed by atoms with Crippen molar-refractivity contribution in [3.8, 4) is 6.07 Å². The molecule has 0 unspecified atom stereocenters. The van der Waals surface area contributed by atoms with Crippen LogP contribution >= 0.6 is 0 Å². The molecule has 4 rings (SSSR count). The fourth-order valence-electron chi connectivity index (χ4n) is 5.68. The Morgan fingerprint density at radius 2 is 1.64 bits per heavy atom. The van der Waals surface area contributed by atoms with Crippen molar-refractivity contribution in [2.24, 2.45) is 0 Å². The highest BCUT2D eigenvalue weighted by atomic mass is 16.7. The van der Waals surface area contributed by atoms with Crippen LogP contribution in [0.4, 0.5) is 10.6 Å². The van der Waals surface area contributed by atoms with Crippen LogP contribution in [0.2, 0.25) is 0 Å². The van der Waals surface area contributed by atoms with Crippen LogP contribution in [0.3, 0.4) is 0 Å². The number of hydrogen-bond donors (Lipinski definition) is 1. The Hall–Kier alpha value is -5.67. The average Bonchev–Trinajstić information content (AvgIpc) is 3.60. The molecule has 3 aromatic rings. The molecule has 284 valence electrons. The summed E-state index contributed by atoms with van der Waals surface area (Å²) in [6.45, 7) is 11.0. The molecule has 18 nitrogen and oxygen atoms in total. The molecule has 1 aliphatic rings. The second kappa shape index (κ2) is 16.3. The lowest BCUT2D eigenvalue weighted by Gasteiger charge is -2.35. The van der Waals surface area contributed by atoms with E-state index >= 15 is 0 Å². The molecular weight excluding hydrogens is 696 g/mol. The second-order valence-corrected chi connectivity index (χ2v) is 13.0. The lowest BCUT2D eigenvalue weighted by molar-refractivity contribution is -0.203. The molecule has 0 aliphatic carbocycles. The number of benzene rings is 1. The Bertz CT molecular complexity index is 1870.